The number of carbonyl (C=O) groups excluding carboxylic acids is 1. The molecule has 2 rings (SSSR count). The molecule has 0 radical (unpaired) electrons. The Bertz CT molecular complexity index is 380. The second kappa shape index (κ2) is 3.91. The second-order valence-electron chi connectivity index (χ2n) is 3.17. The van der Waals surface area contributed by atoms with E-state index in [0.717, 1.165) is 28.6 Å². The van der Waals surface area contributed by atoms with E-state index in [1.165, 1.54) is 0 Å². The minimum atomic E-state index is -0.528. The highest BCUT2D eigenvalue weighted by atomic mass is 79.9. The summed E-state index contributed by atoms with van der Waals surface area (Å²) in [5, 5.41) is 3.11. The summed E-state index contributed by atoms with van der Waals surface area (Å²) in [6.45, 7) is 0. The maximum atomic E-state index is 11.3. The van der Waals surface area contributed by atoms with E-state index < -0.39 is 5.38 Å². The number of fused-ring (bicyclic) bond motifs is 1. The SMILES string of the molecule is O=C1Nc2cccc(CCBr)c2[C@@H]1Cl. The van der Waals surface area contributed by atoms with Gasteiger partial charge in [-0.05, 0) is 18.1 Å². The van der Waals surface area contributed by atoms with Gasteiger partial charge < -0.3 is 5.32 Å². The molecular weight excluding hydrogens is 265 g/mol. The van der Waals surface area contributed by atoms with E-state index in [-0.39, 0.29) is 5.91 Å². The van der Waals surface area contributed by atoms with E-state index in [9.17, 15) is 4.79 Å². The van der Waals surface area contributed by atoms with Crippen LogP contribution in [0.2, 0.25) is 0 Å². The molecule has 74 valence electrons. The first-order chi connectivity index (χ1) is 6.74. The molecule has 1 N–H and O–H groups in total. The fourth-order valence-electron chi connectivity index (χ4n) is 1.67. The molecule has 0 bridgehead atoms. The molecule has 0 saturated heterocycles. The maximum Gasteiger partial charge on any atom is 0.247 e. The topological polar surface area (TPSA) is 29.1 Å². The van der Waals surface area contributed by atoms with Crippen LogP contribution in [0.1, 0.15) is 16.5 Å². The number of hydrogen-bond acceptors (Lipinski definition) is 1. The van der Waals surface area contributed by atoms with Gasteiger partial charge in [0.1, 0.15) is 5.38 Å². The highest BCUT2D eigenvalue weighted by molar-refractivity contribution is 9.09. The zero-order valence-electron chi connectivity index (χ0n) is 7.39. The van der Waals surface area contributed by atoms with Crippen LogP contribution in [-0.2, 0) is 11.2 Å². The summed E-state index contributed by atoms with van der Waals surface area (Å²) in [6.07, 6.45) is 0.890. The number of anilines is 1. The molecule has 1 amide bonds. The van der Waals surface area contributed by atoms with Crippen molar-refractivity contribution in [2.45, 2.75) is 11.8 Å². The molecule has 1 atom stereocenters. The van der Waals surface area contributed by atoms with E-state index in [4.69, 9.17) is 11.6 Å². The Morgan fingerprint density at radius 3 is 3.00 bits per heavy atom. The van der Waals surface area contributed by atoms with E-state index in [2.05, 4.69) is 21.2 Å². The molecule has 0 spiro atoms. The Labute approximate surface area is 95.8 Å². The van der Waals surface area contributed by atoms with E-state index >= 15 is 0 Å². The van der Waals surface area contributed by atoms with Crippen LogP contribution in [0.15, 0.2) is 18.2 Å². The minimum absolute atomic E-state index is 0.122. The van der Waals surface area contributed by atoms with Crippen LogP contribution in [0.3, 0.4) is 0 Å². The van der Waals surface area contributed by atoms with Gasteiger partial charge in [0, 0.05) is 16.6 Å². The predicted molar refractivity (Wildman–Crippen MR) is 61.2 cm³/mol. The molecule has 0 unspecified atom stereocenters. The molecule has 2 nitrogen and oxygen atoms in total. The average Bonchev–Trinajstić information content (AvgIpc) is 2.45. The molecule has 0 saturated carbocycles. The fraction of sp³-hybridized carbons (Fsp3) is 0.300. The normalized spacial score (nSPS) is 19.3. The van der Waals surface area contributed by atoms with E-state index in [0.29, 0.717) is 0 Å². The first-order valence-corrected chi connectivity index (χ1v) is 5.92. The van der Waals surface area contributed by atoms with Gasteiger partial charge in [0.2, 0.25) is 5.91 Å². The molecule has 0 aromatic heterocycles. The van der Waals surface area contributed by atoms with Gasteiger partial charge >= 0.3 is 0 Å². The number of benzene rings is 1. The lowest BCUT2D eigenvalue weighted by Gasteiger charge is -2.06. The van der Waals surface area contributed by atoms with Gasteiger partial charge in [-0.15, -0.1) is 11.6 Å². The summed E-state index contributed by atoms with van der Waals surface area (Å²) in [6, 6.07) is 5.83. The molecular formula is C10H9BrClNO. The summed E-state index contributed by atoms with van der Waals surface area (Å²) in [5.41, 5.74) is 2.93. The Hall–Kier alpha value is -0.540. The van der Waals surface area contributed by atoms with Crippen LogP contribution >= 0.6 is 27.5 Å². The number of alkyl halides is 2. The zero-order chi connectivity index (χ0) is 10.1. The largest absolute Gasteiger partial charge is 0.324 e. The summed E-state index contributed by atoms with van der Waals surface area (Å²) in [5.74, 6) is -0.122. The monoisotopic (exact) mass is 273 g/mol. The molecule has 1 aromatic carbocycles. The van der Waals surface area contributed by atoms with Gasteiger partial charge in [-0.25, -0.2) is 0 Å². The zero-order valence-corrected chi connectivity index (χ0v) is 9.73. The Morgan fingerprint density at radius 1 is 1.50 bits per heavy atom. The molecule has 4 heteroatoms. The summed E-state index contributed by atoms with van der Waals surface area (Å²) in [7, 11) is 0. The van der Waals surface area contributed by atoms with E-state index in [1.54, 1.807) is 0 Å². The van der Waals surface area contributed by atoms with Crippen molar-refractivity contribution in [2.24, 2.45) is 0 Å². The minimum Gasteiger partial charge on any atom is -0.324 e. The molecule has 1 heterocycles. The predicted octanol–water partition coefficient (Wildman–Crippen LogP) is 2.86. The summed E-state index contributed by atoms with van der Waals surface area (Å²) in [4.78, 5) is 11.3. The van der Waals surface area contributed by atoms with Crippen LogP contribution < -0.4 is 5.32 Å². The average molecular weight is 275 g/mol. The van der Waals surface area contributed by atoms with Crippen molar-refractivity contribution < 1.29 is 4.79 Å². The standard InChI is InChI=1S/C10H9BrClNO/c11-5-4-6-2-1-3-7-8(6)9(12)10(14)13-7/h1-3,9H,4-5H2,(H,13,14)/t9-/m0/s1. The molecule has 1 aliphatic heterocycles. The van der Waals surface area contributed by atoms with Gasteiger partial charge in [-0.1, -0.05) is 28.1 Å². The molecule has 0 aliphatic carbocycles. The van der Waals surface area contributed by atoms with Crippen molar-refractivity contribution in [3.63, 3.8) is 0 Å². The second-order valence-corrected chi connectivity index (χ2v) is 4.40. The van der Waals surface area contributed by atoms with Gasteiger partial charge in [0.15, 0.2) is 0 Å². The van der Waals surface area contributed by atoms with Crippen LogP contribution in [0, 0.1) is 0 Å². The highest BCUT2D eigenvalue weighted by Crippen LogP contribution is 2.37. The number of amides is 1. The molecule has 1 aliphatic rings. The highest BCUT2D eigenvalue weighted by Gasteiger charge is 2.30. The lowest BCUT2D eigenvalue weighted by Crippen LogP contribution is -2.07. The molecule has 14 heavy (non-hydrogen) atoms. The van der Waals surface area contributed by atoms with Crippen LogP contribution in [0.5, 0.6) is 0 Å². The van der Waals surface area contributed by atoms with Crippen LogP contribution in [-0.4, -0.2) is 11.2 Å². The summed E-state index contributed by atoms with van der Waals surface area (Å²) < 4.78 is 0. The summed E-state index contributed by atoms with van der Waals surface area (Å²) >= 11 is 9.39. The number of nitrogens with one attached hydrogen (secondary N) is 1. The van der Waals surface area contributed by atoms with Gasteiger partial charge in [0.05, 0.1) is 0 Å². The van der Waals surface area contributed by atoms with Gasteiger partial charge in [0.25, 0.3) is 0 Å². The van der Waals surface area contributed by atoms with Crippen molar-refractivity contribution in [1.29, 1.82) is 0 Å². The van der Waals surface area contributed by atoms with Crippen molar-refractivity contribution in [3.05, 3.63) is 29.3 Å². The Morgan fingerprint density at radius 2 is 2.29 bits per heavy atom. The third kappa shape index (κ3) is 1.55. The lowest BCUT2D eigenvalue weighted by atomic mass is 10.0. The third-order valence-corrected chi connectivity index (χ3v) is 3.11. The molecule has 0 fully saturated rings. The Kier molecular flexibility index (Phi) is 2.79. The van der Waals surface area contributed by atoms with Crippen LogP contribution in [0.4, 0.5) is 5.69 Å². The van der Waals surface area contributed by atoms with Crippen molar-refractivity contribution in [3.8, 4) is 0 Å². The number of hydrogen-bond donors (Lipinski definition) is 1. The molecule has 1 aromatic rings. The third-order valence-electron chi connectivity index (χ3n) is 2.30. The van der Waals surface area contributed by atoms with Crippen LogP contribution in [0.25, 0.3) is 0 Å². The lowest BCUT2D eigenvalue weighted by molar-refractivity contribution is -0.115. The number of aryl methyl sites for hydroxylation is 1. The number of halogens is 2. The fourth-order valence-corrected chi connectivity index (χ4v) is 2.41. The van der Waals surface area contributed by atoms with Gasteiger partial charge in [-0.2, -0.15) is 0 Å². The Balaban J connectivity index is 2.47. The van der Waals surface area contributed by atoms with Gasteiger partial charge in [-0.3, -0.25) is 4.79 Å². The van der Waals surface area contributed by atoms with Crippen molar-refractivity contribution >= 4 is 39.1 Å². The maximum absolute atomic E-state index is 11.3. The number of rotatable bonds is 2. The smallest absolute Gasteiger partial charge is 0.247 e. The quantitative estimate of drug-likeness (QED) is 0.826. The van der Waals surface area contributed by atoms with Crippen molar-refractivity contribution in [1.82, 2.24) is 0 Å². The van der Waals surface area contributed by atoms with Crippen molar-refractivity contribution in [2.75, 3.05) is 10.6 Å². The van der Waals surface area contributed by atoms with E-state index in [1.807, 2.05) is 18.2 Å². The number of carbonyl (C=O) groups is 1. The first-order valence-electron chi connectivity index (χ1n) is 4.36. The first kappa shape index (κ1) is 9.99.